The van der Waals surface area contributed by atoms with Gasteiger partial charge in [0, 0.05) is 5.69 Å². The number of carboxylic acids is 1. The van der Waals surface area contributed by atoms with Crippen molar-refractivity contribution in [2.75, 3.05) is 13.7 Å². The Hall–Kier alpha value is -2.82. The molecular formula is C25H33NO4. The summed E-state index contributed by atoms with van der Waals surface area (Å²) < 4.78 is 11.1. The SMILES string of the molecule is COc1ccc(CCCCCCCCOc2ccc(C)nc2C=CCC(=O)O)cc1. The van der Waals surface area contributed by atoms with E-state index in [0.29, 0.717) is 18.1 Å². The Morgan fingerprint density at radius 3 is 2.40 bits per heavy atom. The number of aryl methyl sites for hydroxylation is 2. The number of hydrogen-bond acceptors (Lipinski definition) is 4. The Morgan fingerprint density at radius 1 is 1.00 bits per heavy atom. The number of methoxy groups -OCH3 is 1. The van der Waals surface area contributed by atoms with E-state index in [-0.39, 0.29) is 6.42 Å². The highest BCUT2D eigenvalue weighted by Gasteiger charge is 2.04. The van der Waals surface area contributed by atoms with E-state index >= 15 is 0 Å². The van der Waals surface area contributed by atoms with Gasteiger partial charge < -0.3 is 14.6 Å². The number of ether oxygens (including phenoxy) is 2. The second-order valence-electron chi connectivity index (χ2n) is 7.40. The lowest BCUT2D eigenvalue weighted by atomic mass is 10.0. The molecule has 0 aliphatic heterocycles. The molecule has 0 saturated heterocycles. The van der Waals surface area contributed by atoms with Gasteiger partial charge in [0.1, 0.15) is 17.2 Å². The molecule has 1 aromatic heterocycles. The summed E-state index contributed by atoms with van der Waals surface area (Å²) in [6.07, 6.45) is 11.5. The lowest BCUT2D eigenvalue weighted by molar-refractivity contribution is -0.135. The molecule has 1 N–H and O–H groups in total. The number of rotatable bonds is 14. The van der Waals surface area contributed by atoms with Gasteiger partial charge in [-0.1, -0.05) is 43.9 Å². The number of benzene rings is 1. The Balaban J connectivity index is 1.59. The summed E-state index contributed by atoms with van der Waals surface area (Å²) in [5, 5.41) is 8.76. The van der Waals surface area contributed by atoms with Crippen LogP contribution in [0.1, 0.15) is 61.9 Å². The number of aromatic nitrogens is 1. The minimum Gasteiger partial charge on any atom is -0.497 e. The number of nitrogens with zero attached hydrogens (tertiary/aromatic N) is 1. The Morgan fingerprint density at radius 2 is 1.70 bits per heavy atom. The third-order valence-corrected chi connectivity index (χ3v) is 4.87. The van der Waals surface area contributed by atoms with Crippen LogP contribution in [0.2, 0.25) is 0 Å². The quantitative estimate of drug-likeness (QED) is 0.395. The number of pyridine rings is 1. The van der Waals surface area contributed by atoms with Gasteiger partial charge in [-0.3, -0.25) is 4.79 Å². The number of unbranched alkanes of at least 4 members (excludes halogenated alkanes) is 5. The van der Waals surface area contributed by atoms with Crippen LogP contribution in [-0.4, -0.2) is 29.8 Å². The third kappa shape index (κ3) is 9.12. The van der Waals surface area contributed by atoms with Crippen molar-refractivity contribution in [2.45, 2.75) is 58.3 Å². The van der Waals surface area contributed by atoms with Gasteiger partial charge in [-0.05, 0) is 62.1 Å². The molecular weight excluding hydrogens is 378 g/mol. The topological polar surface area (TPSA) is 68.7 Å². The van der Waals surface area contributed by atoms with E-state index in [1.54, 1.807) is 19.3 Å². The van der Waals surface area contributed by atoms with Crippen molar-refractivity contribution in [3.8, 4) is 11.5 Å². The average molecular weight is 412 g/mol. The Kier molecular flexibility index (Phi) is 10.5. The lowest BCUT2D eigenvalue weighted by Gasteiger charge is -2.09. The van der Waals surface area contributed by atoms with Crippen molar-refractivity contribution >= 4 is 12.0 Å². The van der Waals surface area contributed by atoms with Crippen LogP contribution in [0.5, 0.6) is 11.5 Å². The zero-order valence-corrected chi connectivity index (χ0v) is 18.1. The summed E-state index contributed by atoms with van der Waals surface area (Å²) in [4.78, 5) is 15.1. The van der Waals surface area contributed by atoms with Crippen LogP contribution >= 0.6 is 0 Å². The van der Waals surface area contributed by atoms with Gasteiger partial charge in [0.2, 0.25) is 0 Å². The zero-order chi connectivity index (χ0) is 21.6. The van der Waals surface area contributed by atoms with E-state index in [1.165, 1.54) is 31.2 Å². The molecule has 0 saturated carbocycles. The number of hydrogen-bond donors (Lipinski definition) is 1. The van der Waals surface area contributed by atoms with Gasteiger partial charge in [-0.25, -0.2) is 4.98 Å². The zero-order valence-electron chi connectivity index (χ0n) is 18.1. The van der Waals surface area contributed by atoms with Crippen LogP contribution in [-0.2, 0) is 11.2 Å². The molecule has 30 heavy (non-hydrogen) atoms. The minimum absolute atomic E-state index is 0.0203. The van der Waals surface area contributed by atoms with E-state index in [4.69, 9.17) is 14.6 Å². The molecule has 0 unspecified atom stereocenters. The first-order valence-electron chi connectivity index (χ1n) is 10.7. The third-order valence-electron chi connectivity index (χ3n) is 4.87. The minimum atomic E-state index is -0.856. The first-order chi connectivity index (χ1) is 14.6. The van der Waals surface area contributed by atoms with Crippen LogP contribution in [0, 0.1) is 6.92 Å². The van der Waals surface area contributed by atoms with Gasteiger partial charge in [0.25, 0.3) is 0 Å². The summed E-state index contributed by atoms with van der Waals surface area (Å²) in [6, 6.07) is 12.1. The lowest BCUT2D eigenvalue weighted by Crippen LogP contribution is -2.01. The molecule has 0 aliphatic carbocycles. The normalized spacial score (nSPS) is 11.0. The van der Waals surface area contributed by atoms with Gasteiger partial charge in [0.05, 0.1) is 20.1 Å². The Bertz CT molecular complexity index is 799. The maximum atomic E-state index is 10.7. The van der Waals surface area contributed by atoms with Crippen LogP contribution in [0.3, 0.4) is 0 Å². The fourth-order valence-corrected chi connectivity index (χ4v) is 3.19. The molecule has 0 bridgehead atoms. The molecule has 1 heterocycles. The highest BCUT2D eigenvalue weighted by atomic mass is 16.5. The summed E-state index contributed by atoms with van der Waals surface area (Å²) in [6.45, 7) is 2.56. The Labute approximate surface area is 179 Å². The van der Waals surface area contributed by atoms with E-state index in [2.05, 4.69) is 17.1 Å². The molecule has 0 amide bonds. The summed E-state index contributed by atoms with van der Waals surface area (Å²) in [5.74, 6) is 0.762. The highest BCUT2D eigenvalue weighted by Crippen LogP contribution is 2.20. The molecule has 0 fully saturated rings. The summed E-state index contributed by atoms with van der Waals surface area (Å²) in [5.41, 5.74) is 2.94. The van der Waals surface area contributed by atoms with Gasteiger partial charge in [-0.2, -0.15) is 0 Å². The predicted octanol–water partition coefficient (Wildman–Crippen LogP) is 5.85. The van der Waals surface area contributed by atoms with Crippen LogP contribution in [0.4, 0.5) is 0 Å². The predicted molar refractivity (Wildman–Crippen MR) is 120 cm³/mol. The van der Waals surface area contributed by atoms with Crippen molar-refractivity contribution in [1.29, 1.82) is 0 Å². The van der Waals surface area contributed by atoms with E-state index in [0.717, 1.165) is 30.7 Å². The summed E-state index contributed by atoms with van der Waals surface area (Å²) in [7, 11) is 1.69. The molecule has 0 radical (unpaired) electrons. The molecule has 2 rings (SSSR count). The standard InChI is InChI=1S/C25H33NO4/c1-20-13-18-24(23(26-20)11-9-12-25(27)28)30-19-8-6-4-3-5-7-10-21-14-16-22(29-2)17-15-21/h9,11,13-18H,3-8,10,12,19H2,1-2H3,(H,27,28). The largest absolute Gasteiger partial charge is 0.497 e. The highest BCUT2D eigenvalue weighted by molar-refractivity contribution is 5.70. The number of carbonyl (C=O) groups is 1. The molecule has 0 atom stereocenters. The molecule has 5 heteroatoms. The van der Waals surface area contributed by atoms with Crippen LogP contribution in [0.15, 0.2) is 42.5 Å². The smallest absolute Gasteiger partial charge is 0.307 e. The molecule has 0 aliphatic rings. The van der Waals surface area contributed by atoms with Crippen molar-refractivity contribution in [2.24, 2.45) is 0 Å². The first-order valence-corrected chi connectivity index (χ1v) is 10.7. The fourth-order valence-electron chi connectivity index (χ4n) is 3.19. The van der Waals surface area contributed by atoms with Gasteiger partial charge in [-0.15, -0.1) is 0 Å². The first kappa shape index (κ1) is 23.5. The van der Waals surface area contributed by atoms with E-state index < -0.39 is 5.97 Å². The van der Waals surface area contributed by atoms with Crippen LogP contribution < -0.4 is 9.47 Å². The number of aliphatic carboxylic acids is 1. The average Bonchev–Trinajstić information content (AvgIpc) is 2.74. The van der Waals surface area contributed by atoms with Gasteiger partial charge >= 0.3 is 5.97 Å². The maximum absolute atomic E-state index is 10.7. The van der Waals surface area contributed by atoms with Crippen molar-refractivity contribution in [1.82, 2.24) is 4.98 Å². The molecule has 162 valence electrons. The maximum Gasteiger partial charge on any atom is 0.307 e. The van der Waals surface area contributed by atoms with Gasteiger partial charge in [0.15, 0.2) is 0 Å². The second kappa shape index (κ2) is 13.4. The van der Waals surface area contributed by atoms with E-state index in [1.807, 2.05) is 31.2 Å². The molecule has 0 spiro atoms. The van der Waals surface area contributed by atoms with Crippen LogP contribution in [0.25, 0.3) is 6.08 Å². The molecule has 1 aromatic carbocycles. The monoisotopic (exact) mass is 411 g/mol. The molecule has 2 aromatic rings. The fraction of sp³-hybridized carbons (Fsp3) is 0.440. The molecule has 5 nitrogen and oxygen atoms in total. The van der Waals surface area contributed by atoms with E-state index in [9.17, 15) is 4.79 Å². The second-order valence-corrected chi connectivity index (χ2v) is 7.40. The van der Waals surface area contributed by atoms with Crippen molar-refractivity contribution in [3.63, 3.8) is 0 Å². The van der Waals surface area contributed by atoms with Crippen molar-refractivity contribution in [3.05, 3.63) is 59.4 Å². The number of carboxylic acid groups (broad SMARTS) is 1. The summed E-state index contributed by atoms with van der Waals surface area (Å²) >= 11 is 0. The van der Waals surface area contributed by atoms with Crippen molar-refractivity contribution < 1.29 is 19.4 Å².